The smallest absolute Gasteiger partial charge is 0.260 e. The fourth-order valence-electron chi connectivity index (χ4n) is 1.95. The maximum Gasteiger partial charge on any atom is 0.260 e. The second-order valence-electron chi connectivity index (χ2n) is 4.55. The summed E-state index contributed by atoms with van der Waals surface area (Å²) in [6, 6.07) is 11.9. The molecular formula is C15H11BrFN3O. The summed E-state index contributed by atoms with van der Waals surface area (Å²) in [4.78, 5) is 4.30. The average Bonchev–Trinajstić information content (AvgIpc) is 2.90. The van der Waals surface area contributed by atoms with Gasteiger partial charge in [0.05, 0.1) is 5.56 Å². The molecule has 2 aromatic carbocycles. The summed E-state index contributed by atoms with van der Waals surface area (Å²) < 4.78 is 19.2. The van der Waals surface area contributed by atoms with Crippen molar-refractivity contribution in [3.8, 4) is 11.5 Å². The van der Waals surface area contributed by atoms with Crippen molar-refractivity contribution in [1.29, 1.82) is 0 Å². The van der Waals surface area contributed by atoms with Crippen LogP contribution in [0.15, 0.2) is 51.5 Å². The molecule has 6 heteroatoms. The van der Waals surface area contributed by atoms with E-state index in [1.807, 2.05) is 24.3 Å². The summed E-state index contributed by atoms with van der Waals surface area (Å²) in [7, 11) is 0. The highest BCUT2D eigenvalue weighted by molar-refractivity contribution is 9.10. The first kappa shape index (κ1) is 13.8. The SMILES string of the molecule is Nc1cc(F)ccc1-c1nc(Cc2ccc(Br)cc2)no1. The van der Waals surface area contributed by atoms with Crippen molar-refractivity contribution in [2.75, 3.05) is 5.73 Å². The maximum atomic E-state index is 13.0. The Balaban J connectivity index is 1.84. The van der Waals surface area contributed by atoms with Crippen LogP contribution in [-0.4, -0.2) is 10.1 Å². The Bertz CT molecular complexity index is 771. The summed E-state index contributed by atoms with van der Waals surface area (Å²) in [5.41, 5.74) is 7.63. The fraction of sp³-hybridized carbons (Fsp3) is 0.0667. The first-order valence-corrected chi connectivity index (χ1v) is 7.03. The number of benzene rings is 2. The summed E-state index contributed by atoms with van der Waals surface area (Å²) in [5, 5.41) is 3.93. The Kier molecular flexibility index (Phi) is 3.70. The largest absolute Gasteiger partial charge is 0.398 e. The van der Waals surface area contributed by atoms with Crippen LogP contribution in [0.3, 0.4) is 0 Å². The molecule has 0 saturated carbocycles. The summed E-state index contributed by atoms with van der Waals surface area (Å²) in [5.74, 6) is 0.446. The van der Waals surface area contributed by atoms with Crippen LogP contribution >= 0.6 is 15.9 Å². The van der Waals surface area contributed by atoms with Gasteiger partial charge in [0.2, 0.25) is 0 Å². The van der Waals surface area contributed by atoms with Gasteiger partial charge >= 0.3 is 0 Å². The van der Waals surface area contributed by atoms with E-state index < -0.39 is 5.82 Å². The van der Waals surface area contributed by atoms with Crippen molar-refractivity contribution in [1.82, 2.24) is 10.1 Å². The zero-order valence-corrected chi connectivity index (χ0v) is 12.5. The number of anilines is 1. The van der Waals surface area contributed by atoms with E-state index in [0.717, 1.165) is 10.0 Å². The lowest BCUT2D eigenvalue weighted by Gasteiger charge is -1.99. The summed E-state index contributed by atoms with van der Waals surface area (Å²) >= 11 is 3.39. The van der Waals surface area contributed by atoms with Gasteiger partial charge in [-0.15, -0.1) is 0 Å². The van der Waals surface area contributed by atoms with Crippen molar-refractivity contribution < 1.29 is 8.91 Å². The molecule has 0 radical (unpaired) electrons. The first-order chi connectivity index (χ1) is 10.1. The average molecular weight is 348 g/mol. The molecule has 1 heterocycles. The summed E-state index contributed by atoms with van der Waals surface area (Å²) in [6.07, 6.45) is 0.553. The Morgan fingerprint density at radius 3 is 2.62 bits per heavy atom. The monoisotopic (exact) mass is 347 g/mol. The van der Waals surface area contributed by atoms with Crippen LogP contribution in [0.4, 0.5) is 10.1 Å². The topological polar surface area (TPSA) is 64.9 Å². The molecule has 0 spiro atoms. The maximum absolute atomic E-state index is 13.0. The molecule has 0 aliphatic heterocycles. The van der Waals surface area contributed by atoms with Gasteiger partial charge in [-0.1, -0.05) is 33.2 Å². The van der Waals surface area contributed by atoms with Crippen molar-refractivity contribution >= 4 is 21.6 Å². The third kappa shape index (κ3) is 3.11. The molecule has 0 unspecified atom stereocenters. The minimum Gasteiger partial charge on any atom is -0.398 e. The van der Waals surface area contributed by atoms with Crippen LogP contribution in [0.2, 0.25) is 0 Å². The van der Waals surface area contributed by atoms with E-state index >= 15 is 0 Å². The Labute approximate surface area is 128 Å². The van der Waals surface area contributed by atoms with E-state index in [1.54, 1.807) is 0 Å². The molecule has 2 N–H and O–H groups in total. The highest BCUT2D eigenvalue weighted by Gasteiger charge is 2.12. The third-order valence-corrected chi connectivity index (χ3v) is 3.52. The molecule has 0 saturated heterocycles. The Hall–Kier alpha value is -2.21. The van der Waals surface area contributed by atoms with Crippen LogP contribution in [0.5, 0.6) is 0 Å². The van der Waals surface area contributed by atoms with E-state index in [9.17, 15) is 4.39 Å². The van der Waals surface area contributed by atoms with Gasteiger partial charge in [0, 0.05) is 16.6 Å². The molecule has 4 nitrogen and oxygen atoms in total. The van der Waals surface area contributed by atoms with Gasteiger partial charge in [0.25, 0.3) is 5.89 Å². The molecule has 3 aromatic rings. The summed E-state index contributed by atoms with van der Waals surface area (Å²) in [6.45, 7) is 0. The van der Waals surface area contributed by atoms with E-state index in [4.69, 9.17) is 10.3 Å². The number of aromatic nitrogens is 2. The number of nitrogens with zero attached hydrogens (tertiary/aromatic N) is 2. The predicted octanol–water partition coefficient (Wildman–Crippen LogP) is 3.81. The lowest BCUT2D eigenvalue weighted by Crippen LogP contribution is -1.93. The van der Waals surface area contributed by atoms with Crippen molar-refractivity contribution in [3.63, 3.8) is 0 Å². The molecule has 0 aliphatic carbocycles. The van der Waals surface area contributed by atoms with Crippen LogP contribution in [0, 0.1) is 5.82 Å². The molecule has 21 heavy (non-hydrogen) atoms. The third-order valence-electron chi connectivity index (χ3n) is 2.99. The van der Waals surface area contributed by atoms with E-state index in [-0.39, 0.29) is 5.69 Å². The van der Waals surface area contributed by atoms with E-state index in [0.29, 0.717) is 23.7 Å². The highest BCUT2D eigenvalue weighted by Crippen LogP contribution is 2.25. The molecule has 1 aromatic heterocycles. The van der Waals surface area contributed by atoms with Gasteiger partial charge in [-0.05, 0) is 35.9 Å². The number of nitrogen functional groups attached to an aromatic ring is 1. The zero-order chi connectivity index (χ0) is 14.8. The number of nitrogens with two attached hydrogens (primary N) is 1. The molecule has 106 valence electrons. The lowest BCUT2D eigenvalue weighted by molar-refractivity contribution is 0.424. The highest BCUT2D eigenvalue weighted by atomic mass is 79.9. The first-order valence-electron chi connectivity index (χ1n) is 6.24. The molecule has 0 fully saturated rings. The van der Waals surface area contributed by atoms with Gasteiger partial charge in [-0.3, -0.25) is 0 Å². The number of rotatable bonds is 3. The van der Waals surface area contributed by atoms with Crippen molar-refractivity contribution in [3.05, 3.63) is 64.1 Å². The number of hydrogen-bond donors (Lipinski definition) is 1. The van der Waals surface area contributed by atoms with E-state index in [2.05, 4.69) is 26.1 Å². The van der Waals surface area contributed by atoms with Gasteiger partial charge < -0.3 is 10.3 Å². The van der Waals surface area contributed by atoms with Crippen LogP contribution in [-0.2, 0) is 6.42 Å². The normalized spacial score (nSPS) is 10.8. The standard InChI is InChI=1S/C15H11BrFN3O/c16-10-3-1-9(2-4-10)7-14-19-15(21-20-14)12-6-5-11(17)8-13(12)18/h1-6,8H,7,18H2. The molecule has 0 aliphatic rings. The Morgan fingerprint density at radius 1 is 1.14 bits per heavy atom. The number of halogens is 2. The molecular weight excluding hydrogens is 337 g/mol. The van der Waals surface area contributed by atoms with Crippen LogP contribution in [0.25, 0.3) is 11.5 Å². The minimum absolute atomic E-state index is 0.272. The molecule has 3 rings (SSSR count). The second kappa shape index (κ2) is 5.65. The van der Waals surface area contributed by atoms with E-state index in [1.165, 1.54) is 18.2 Å². The van der Waals surface area contributed by atoms with Crippen molar-refractivity contribution in [2.45, 2.75) is 6.42 Å². The molecule has 0 bridgehead atoms. The van der Waals surface area contributed by atoms with Gasteiger partial charge in [-0.2, -0.15) is 4.98 Å². The van der Waals surface area contributed by atoms with Crippen LogP contribution in [0.1, 0.15) is 11.4 Å². The lowest BCUT2D eigenvalue weighted by atomic mass is 10.1. The fourth-order valence-corrected chi connectivity index (χ4v) is 2.21. The van der Waals surface area contributed by atoms with Gasteiger partial charge in [-0.25, -0.2) is 4.39 Å². The molecule has 0 amide bonds. The predicted molar refractivity (Wildman–Crippen MR) is 81.1 cm³/mol. The second-order valence-corrected chi connectivity index (χ2v) is 5.47. The van der Waals surface area contributed by atoms with Crippen LogP contribution < -0.4 is 5.73 Å². The Morgan fingerprint density at radius 2 is 1.90 bits per heavy atom. The minimum atomic E-state index is -0.397. The van der Waals surface area contributed by atoms with Crippen molar-refractivity contribution in [2.24, 2.45) is 0 Å². The van der Waals surface area contributed by atoms with Gasteiger partial charge in [0.1, 0.15) is 5.82 Å². The zero-order valence-electron chi connectivity index (χ0n) is 10.9. The molecule has 0 atom stereocenters. The van der Waals surface area contributed by atoms with Gasteiger partial charge in [0.15, 0.2) is 5.82 Å². The number of hydrogen-bond acceptors (Lipinski definition) is 4. The quantitative estimate of drug-likeness (QED) is 0.731.